The summed E-state index contributed by atoms with van der Waals surface area (Å²) >= 11 is 0. The van der Waals surface area contributed by atoms with Crippen molar-refractivity contribution in [1.82, 2.24) is 25.1 Å². The van der Waals surface area contributed by atoms with Gasteiger partial charge < -0.3 is 19.7 Å². The lowest BCUT2D eigenvalue weighted by atomic mass is 10.1. The highest BCUT2D eigenvalue weighted by molar-refractivity contribution is 5.76. The number of amides is 1. The molecule has 1 N–H and O–H groups in total. The Morgan fingerprint density at radius 1 is 1.03 bits per heavy atom. The highest BCUT2D eigenvalue weighted by atomic mass is 16.5. The molecule has 1 aliphatic heterocycles. The summed E-state index contributed by atoms with van der Waals surface area (Å²) < 4.78 is 12.5. The Morgan fingerprint density at radius 3 is 2.54 bits per heavy atom. The number of ether oxygens (including phenoxy) is 2. The van der Waals surface area contributed by atoms with Crippen LogP contribution in [0, 0.1) is 13.8 Å². The number of anilines is 1. The molecule has 0 bridgehead atoms. The molecule has 3 heterocycles. The number of carbonyl (C=O) groups excluding carboxylic acids is 1. The van der Waals surface area contributed by atoms with Crippen LogP contribution in [-0.4, -0.2) is 53.0 Å². The normalized spacial score (nSPS) is 13.5. The first-order chi connectivity index (χ1) is 17.0. The first kappa shape index (κ1) is 24.5. The third-order valence-corrected chi connectivity index (χ3v) is 6.55. The van der Waals surface area contributed by atoms with E-state index in [-0.39, 0.29) is 5.91 Å². The van der Waals surface area contributed by atoms with Crippen LogP contribution in [0.3, 0.4) is 0 Å². The summed E-state index contributed by atoms with van der Waals surface area (Å²) in [5.41, 5.74) is 3.87. The van der Waals surface area contributed by atoms with E-state index in [0.717, 1.165) is 47.2 Å². The molecule has 4 rings (SSSR count). The number of carbonyl (C=O) groups is 1. The molecule has 0 atom stereocenters. The lowest BCUT2D eigenvalue weighted by Gasteiger charge is -2.27. The Labute approximate surface area is 206 Å². The zero-order chi connectivity index (χ0) is 24.8. The Balaban J connectivity index is 1.40. The Bertz CT molecular complexity index is 1170. The van der Waals surface area contributed by atoms with Crippen LogP contribution in [0.2, 0.25) is 0 Å². The van der Waals surface area contributed by atoms with Gasteiger partial charge in [-0.05, 0) is 57.2 Å². The molecule has 1 saturated heterocycles. The number of hydrogen-bond acceptors (Lipinski definition) is 7. The smallest absolute Gasteiger partial charge is 0.220 e. The van der Waals surface area contributed by atoms with Gasteiger partial charge in [-0.25, -0.2) is 14.6 Å². The van der Waals surface area contributed by atoms with E-state index in [1.165, 1.54) is 19.3 Å². The summed E-state index contributed by atoms with van der Waals surface area (Å²) in [6, 6.07) is 7.57. The molecule has 0 radical (unpaired) electrons. The second-order valence-corrected chi connectivity index (χ2v) is 8.80. The average Bonchev–Trinajstić information content (AvgIpc) is 3.19. The number of hydrogen-bond donors (Lipinski definition) is 1. The zero-order valence-corrected chi connectivity index (χ0v) is 21.0. The van der Waals surface area contributed by atoms with Crippen LogP contribution in [0.5, 0.6) is 11.5 Å². The summed E-state index contributed by atoms with van der Waals surface area (Å²) in [6.07, 6.45) is 6.24. The maximum Gasteiger partial charge on any atom is 0.220 e. The van der Waals surface area contributed by atoms with E-state index in [1.807, 2.05) is 42.8 Å². The van der Waals surface area contributed by atoms with E-state index < -0.39 is 0 Å². The van der Waals surface area contributed by atoms with Crippen molar-refractivity contribution in [3.05, 3.63) is 53.1 Å². The molecule has 3 aromatic rings. The number of nitrogens with one attached hydrogen (secondary N) is 1. The van der Waals surface area contributed by atoms with Gasteiger partial charge in [0.1, 0.15) is 23.6 Å². The molecule has 1 fully saturated rings. The molecule has 0 saturated carbocycles. The van der Waals surface area contributed by atoms with Gasteiger partial charge in [0.15, 0.2) is 5.82 Å². The number of nitrogens with zero attached hydrogens (tertiary/aromatic N) is 5. The van der Waals surface area contributed by atoms with Crippen molar-refractivity contribution in [3.63, 3.8) is 0 Å². The number of piperidine rings is 1. The fraction of sp³-hybridized carbons (Fsp3) is 0.462. The van der Waals surface area contributed by atoms with Gasteiger partial charge in [0, 0.05) is 49.4 Å². The van der Waals surface area contributed by atoms with Crippen LogP contribution < -0.4 is 19.7 Å². The summed E-state index contributed by atoms with van der Waals surface area (Å²) in [5, 5.41) is 7.71. The molecule has 2 aromatic heterocycles. The van der Waals surface area contributed by atoms with E-state index >= 15 is 0 Å². The van der Waals surface area contributed by atoms with Gasteiger partial charge >= 0.3 is 0 Å². The van der Waals surface area contributed by atoms with E-state index in [4.69, 9.17) is 14.6 Å². The molecule has 35 heavy (non-hydrogen) atoms. The fourth-order valence-electron chi connectivity index (χ4n) is 4.53. The molecule has 0 spiro atoms. The highest BCUT2D eigenvalue weighted by Gasteiger charge is 2.18. The van der Waals surface area contributed by atoms with E-state index in [0.29, 0.717) is 30.9 Å². The van der Waals surface area contributed by atoms with Crippen molar-refractivity contribution in [3.8, 4) is 17.3 Å². The SMILES string of the molecule is COc1ccc(CNC(=O)CCc2c(C)nn(-c3cc(N4CCCCC4)ncn3)c2C)c(OC)c1. The lowest BCUT2D eigenvalue weighted by molar-refractivity contribution is -0.121. The maximum atomic E-state index is 12.6. The molecular formula is C26H34N6O3. The van der Waals surface area contributed by atoms with Crippen molar-refractivity contribution in [2.75, 3.05) is 32.2 Å². The number of benzene rings is 1. The first-order valence-electron chi connectivity index (χ1n) is 12.1. The zero-order valence-electron chi connectivity index (χ0n) is 21.0. The molecular weight excluding hydrogens is 444 g/mol. The number of methoxy groups -OCH3 is 2. The molecule has 9 nitrogen and oxygen atoms in total. The predicted molar refractivity (Wildman–Crippen MR) is 134 cm³/mol. The predicted octanol–water partition coefficient (Wildman–Crippen LogP) is 3.54. The average molecular weight is 479 g/mol. The Kier molecular flexibility index (Phi) is 7.84. The standard InChI is InChI=1S/C26H34N6O3/c1-18-22(10-11-26(33)27-16-20-8-9-21(34-3)14-23(20)35-4)19(2)32(30-18)25-15-24(28-17-29-25)31-12-6-5-7-13-31/h8-9,14-15,17H,5-7,10-13,16H2,1-4H3,(H,27,33). The number of aromatic nitrogens is 4. The summed E-state index contributed by atoms with van der Waals surface area (Å²) in [6.45, 7) is 6.44. The van der Waals surface area contributed by atoms with Crippen LogP contribution in [0.15, 0.2) is 30.6 Å². The van der Waals surface area contributed by atoms with E-state index in [9.17, 15) is 4.79 Å². The van der Waals surface area contributed by atoms with Crippen LogP contribution in [0.4, 0.5) is 5.82 Å². The molecule has 1 aromatic carbocycles. The van der Waals surface area contributed by atoms with Crippen molar-refractivity contribution >= 4 is 11.7 Å². The third kappa shape index (κ3) is 5.72. The van der Waals surface area contributed by atoms with Crippen molar-refractivity contribution in [2.45, 2.75) is 52.5 Å². The number of aryl methyl sites for hydroxylation is 1. The summed E-state index contributed by atoms with van der Waals surface area (Å²) in [4.78, 5) is 23.9. The summed E-state index contributed by atoms with van der Waals surface area (Å²) in [5.74, 6) is 3.07. The minimum Gasteiger partial charge on any atom is -0.497 e. The van der Waals surface area contributed by atoms with Gasteiger partial charge in [-0.3, -0.25) is 4.79 Å². The van der Waals surface area contributed by atoms with Gasteiger partial charge in [0.2, 0.25) is 5.91 Å². The van der Waals surface area contributed by atoms with Crippen LogP contribution >= 0.6 is 0 Å². The minimum atomic E-state index is -0.0242. The van der Waals surface area contributed by atoms with Crippen LogP contribution in [0.1, 0.15) is 48.2 Å². The lowest BCUT2D eigenvalue weighted by Crippen LogP contribution is -2.30. The highest BCUT2D eigenvalue weighted by Crippen LogP contribution is 2.25. The second kappa shape index (κ2) is 11.2. The molecule has 0 aliphatic carbocycles. The quantitative estimate of drug-likeness (QED) is 0.503. The second-order valence-electron chi connectivity index (χ2n) is 8.80. The first-order valence-corrected chi connectivity index (χ1v) is 12.1. The number of rotatable bonds is 9. The van der Waals surface area contributed by atoms with Gasteiger partial charge in [-0.15, -0.1) is 0 Å². The summed E-state index contributed by atoms with van der Waals surface area (Å²) in [7, 11) is 3.22. The van der Waals surface area contributed by atoms with Gasteiger partial charge in [0.25, 0.3) is 0 Å². The van der Waals surface area contributed by atoms with Crippen LogP contribution in [0.25, 0.3) is 5.82 Å². The van der Waals surface area contributed by atoms with Crippen LogP contribution in [-0.2, 0) is 17.8 Å². The third-order valence-electron chi connectivity index (χ3n) is 6.55. The van der Waals surface area contributed by atoms with Gasteiger partial charge in [-0.1, -0.05) is 0 Å². The largest absolute Gasteiger partial charge is 0.497 e. The molecule has 0 unspecified atom stereocenters. The fourth-order valence-corrected chi connectivity index (χ4v) is 4.53. The monoisotopic (exact) mass is 478 g/mol. The van der Waals surface area contributed by atoms with E-state index in [2.05, 4.69) is 20.2 Å². The molecule has 1 aliphatic rings. The molecule has 9 heteroatoms. The molecule has 186 valence electrons. The van der Waals surface area contributed by atoms with Crippen molar-refractivity contribution in [2.24, 2.45) is 0 Å². The Morgan fingerprint density at radius 2 is 1.80 bits per heavy atom. The van der Waals surface area contributed by atoms with E-state index in [1.54, 1.807) is 20.5 Å². The maximum absolute atomic E-state index is 12.6. The topological polar surface area (TPSA) is 94.4 Å². The van der Waals surface area contributed by atoms with Gasteiger partial charge in [-0.2, -0.15) is 5.10 Å². The van der Waals surface area contributed by atoms with Crippen molar-refractivity contribution in [1.29, 1.82) is 0 Å². The minimum absolute atomic E-state index is 0.0242. The molecule has 1 amide bonds. The van der Waals surface area contributed by atoms with Gasteiger partial charge in [0.05, 0.1) is 19.9 Å². The Hall–Kier alpha value is -3.62. The van der Waals surface area contributed by atoms with Crippen molar-refractivity contribution < 1.29 is 14.3 Å².